The van der Waals surface area contributed by atoms with Crippen molar-refractivity contribution < 1.29 is 19.4 Å². The zero-order chi connectivity index (χ0) is 24.0. The summed E-state index contributed by atoms with van der Waals surface area (Å²) in [6, 6.07) is 10.6. The molecule has 174 valence electrons. The van der Waals surface area contributed by atoms with E-state index in [2.05, 4.69) is 20.8 Å². The largest absolute Gasteiger partial charge is 0.497 e. The first kappa shape index (κ1) is 24.8. The Hall–Kier alpha value is -2.79. The number of thioether (sulfide) groups is 1. The summed E-state index contributed by atoms with van der Waals surface area (Å²) in [4.78, 5) is 24.8. The number of nitrogens with one attached hydrogen (secondary N) is 2. The van der Waals surface area contributed by atoms with Gasteiger partial charge in [-0.15, -0.1) is 10.2 Å². The number of anilines is 1. The van der Waals surface area contributed by atoms with Gasteiger partial charge in [0.15, 0.2) is 11.0 Å². The summed E-state index contributed by atoms with van der Waals surface area (Å²) < 4.78 is 6.70. The molecule has 1 atom stereocenters. The Morgan fingerprint density at radius 1 is 1.18 bits per heavy atom. The lowest BCUT2D eigenvalue weighted by Gasteiger charge is -2.16. The van der Waals surface area contributed by atoms with Crippen molar-refractivity contribution in [1.29, 1.82) is 0 Å². The number of aromatic nitrogens is 3. The van der Waals surface area contributed by atoms with E-state index in [0.717, 1.165) is 11.8 Å². The molecule has 0 spiro atoms. The molecule has 0 aliphatic rings. The van der Waals surface area contributed by atoms with Crippen molar-refractivity contribution in [3.8, 4) is 5.75 Å². The number of ether oxygens (including phenoxy) is 1. The number of halogens is 2. The number of benzene rings is 2. The van der Waals surface area contributed by atoms with Crippen molar-refractivity contribution in [2.45, 2.75) is 11.2 Å². The number of amides is 2. The second-order valence-electron chi connectivity index (χ2n) is 6.80. The summed E-state index contributed by atoms with van der Waals surface area (Å²) in [5.41, 5.74) is 0.857. The average molecular weight is 510 g/mol. The topological polar surface area (TPSA) is 118 Å². The zero-order valence-electron chi connectivity index (χ0n) is 17.7. The number of hydrogen-bond acceptors (Lipinski definition) is 7. The van der Waals surface area contributed by atoms with Crippen molar-refractivity contribution in [3.05, 3.63) is 63.9 Å². The number of carbonyl (C=O) groups is 2. The van der Waals surface area contributed by atoms with Gasteiger partial charge >= 0.3 is 0 Å². The van der Waals surface area contributed by atoms with Crippen LogP contribution >= 0.6 is 35.0 Å². The van der Waals surface area contributed by atoms with E-state index in [4.69, 9.17) is 27.9 Å². The van der Waals surface area contributed by atoms with E-state index in [9.17, 15) is 14.7 Å². The fourth-order valence-corrected chi connectivity index (χ4v) is 4.01. The molecule has 33 heavy (non-hydrogen) atoms. The monoisotopic (exact) mass is 509 g/mol. The molecule has 0 aliphatic carbocycles. The predicted octanol–water partition coefficient (Wildman–Crippen LogP) is 3.32. The second kappa shape index (κ2) is 11.4. The molecule has 12 heteroatoms. The van der Waals surface area contributed by atoms with Gasteiger partial charge in [0.25, 0.3) is 5.91 Å². The minimum Gasteiger partial charge on any atom is -0.497 e. The lowest BCUT2D eigenvalue weighted by molar-refractivity contribution is -0.113. The fourth-order valence-electron chi connectivity index (χ4n) is 2.84. The van der Waals surface area contributed by atoms with E-state index in [-0.39, 0.29) is 24.2 Å². The van der Waals surface area contributed by atoms with Gasteiger partial charge in [0.05, 0.1) is 30.2 Å². The first-order valence-electron chi connectivity index (χ1n) is 9.65. The Bertz CT molecular complexity index is 1140. The third kappa shape index (κ3) is 6.38. The number of aliphatic hydroxyl groups is 1. The first-order chi connectivity index (χ1) is 15.8. The summed E-state index contributed by atoms with van der Waals surface area (Å²) in [7, 11) is 3.23. The molecule has 3 aromatic rings. The van der Waals surface area contributed by atoms with E-state index in [1.54, 1.807) is 48.0 Å². The Labute approximate surface area is 204 Å². The fraction of sp³-hybridized carbons (Fsp3) is 0.238. The molecular formula is C21H21Cl2N5O4S. The zero-order valence-corrected chi connectivity index (χ0v) is 20.0. The second-order valence-corrected chi connectivity index (χ2v) is 8.58. The van der Waals surface area contributed by atoms with Crippen LogP contribution in [-0.2, 0) is 11.8 Å². The molecule has 0 radical (unpaired) electrons. The number of hydrogen-bond donors (Lipinski definition) is 3. The van der Waals surface area contributed by atoms with Gasteiger partial charge in [-0.05, 0) is 42.5 Å². The molecule has 0 saturated heterocycles. The molecule has 0 aliphatic heterocycles. The SMILES string of the molecule is COc1ccc(C(=O)NC(CO)c2nnc(SCC(=O)Nc3ccc(Cl)cc3Cl)n2C)cc1. The van der Waals surface area contributed by atoms with E-state index in [1.165, 1.54) is 13.2 Å². The van der Waals surface area contributed by atoms with Crippen molar-refractivity contribution in [2.75, 3.05) is 24.8 Å². The third-order valence-electron chi connectivity index (χ3n) is 4.56. The summed E-state index contributed by atoms with van der Waals surface area (Å²) in [5, 5.41) is 24.6. The minimum atomic E-state index is -0.784. The van der Waals surface area contributed by atoms with Gasteiger partial charge in [-0.1, -0.05) is 35.0 Å². The van der Waals surface area contributed by atoms with E-state index in [1.807, 2.05) is 0 Å². The minimum absolute atomic E-state index is 0.0485. The van der Waals surface area contributed by atoms with Crippen LogP contribution in [0.25, 0.3) is 0 Å². The molecule has 2 amide bonds. The number of aliphatic hydroxyl groups excluding tert-OH is 1. The molecule has 3 N–H and O–H groups in total. The van der Waals surface area contributed by atoms with Crippen molar-refractivity contribution in [3.63, 3.8) is 0 Å². The van der Waals surface area contributed by atoms with Gasteiger partial charge in [-0.3, -0.25) is 9.59 Å². The van der Waals surface area contributed by atoms with Crippen LogP contribution in [0.1, 0.15) is 22.2 Å². The predicted molar refractivity (Wildman–Crippen MR) is 127 cm³/mol. The Morgan fingerprint density at radius 2 is 1.91 bits per heavy atom. The highest BCUT2D eigenvalue weighted by Crippen LogP contribution is 2.26. The van der Waals surface area contributed by atoms with Crippen LogP contribution in [0.4, 0.5) is 5.69 Å². The smallest absolute Gasteiger partial charge is 0.251 e. The summed E-state index contributed by atoms with van der Waals surface area (Å²) in [5.74, 6) is 0.353. The normalized spacial score (nSPS) is 11.7. The molecule has 0 bridgehead atoms. The Balaban J connectivity index is 1.61. The molecule has 2 aromatic carbocycles. The molecule has 3 rings (SSSR count). The van der Waals surface area contributed by atoms with Crippen molar-refractivity contribution >= 4 is 52.5 Å². The van der Waals surface area contributed by atoms with Gasteiger partial charge in [0.2, 0.25) is 5.91 Å². The maximum Gasteiger partial charge on any atom is 0.251 e. The molecule has 1 unspecified atom stereocenters. The quantitative estimate of drug-likeness (QED) is 0.378. The molecule has 9 nitrogen and oxygen atoms in total. The van der Waals surface area contributed by atoms with Gasteiger partial charge < -0.3 is 25.0 Å². The standard InChI is InChI=1S/C21H21Cl2N5O4S/c1-28-19(17(10-29)25-20(31)12-3-6-14(32-2)7-4-12)26-27-21(28)33-11-18(30)24-16-8-5-13(22)9-15(16)23/h3-9,17,29H,10-11H2,1-2H3,(H,24,30)(H,25,31). The summed E-state index contributed by atoms with van der Waals surface area (Å²) in [6.07, 6.45) is 0. The highest BCUT2D eigenvalue weighted by atomic mass is 35.5. The van der Waals surface area contributed by atoms with Gasteiger partial charge in [-0.2, -0.15) is 0 Å². The van der Waals surface area contributed by atoms with Gasteiger partial charge in [0.1, 0.15) is 11.8 Å². The third-order valence-corrected chi connectivity index (χ3v) is 6.13. The highest BCUT2D eigenvalue weighted by molar-refractivity contribution is 7.99. The van der Waals surface area contributed by atoms with Crippen LogP contribution in [0.5, 0.6) is 5.75 Å². The molecule has 1 heterocycles. The highest BCUT2D eigenvalue weighted by Gasteiger charge is 2.22. The van der Waals surface area contributed by atoms with Crippen LogP contribution in [0.3, 0.4) is 0 Å². The molecule has 0 fully saturated rings. The van der Waals surface area contributed by atoms with Crippen molar-refractivity contribution in [2.24, 2.45) is 7.05 Å². The maximum absolute atomic E-state index is 12.5. The number of rotatable bonds is 9. The van der Waals surface area contributed by atoms with Gasteiger partial charge in [0, 0.05) is 17.6 Å². The Kier molecular flexibility index (Phi) is 8.56. The van der Waals surface area contributed by atoms with Crippen LogP contribution in [0, 0.1) is 0 Å². The molecule has 0 saturated carbocycles. The van der Waals surface area contributed by atoms with Crippen LogP contribution in [0.15, 0.2) is 47.6 Å². The van der Waals surface area contributed by atoms with Crippen LogP contribution in [0.2, 0.25) is 10.0 Å². The first-order valence-corrected chi connectivity index (χ1v) is 11.4. The lowest BCUT2D eigenvalue weighted by atomic mass is 10.2. The van der Waals surface area contributed by atoms with Crippen LogP contribution in [-0.4, -0.2) is 51.2 Å². The lowest BCUT2D eigenvalue weighted by Crippen LogP contribution is -2.32. The van der Waals surface area contributed by atoms with E-state index < -0.39 is 6.04 Å². The average Bonchev–Trinajstić information content (AvgIpc) is 3.18. The molecule has 1 aromatic heterocycles. The summed E-state index contributed by atoms with van der Waals surface area (Å²) in [6.45, 7) is -0.381. The number of nitrogens with zero attached hydrogens (tertiary/aromatic N) is 3. The van der Waals surface area contributed by atoms with E-state index >= 15 is 0 Å². The van der Waals surface area contributed by atoms with Gasteiger partial charge in [-0.25, -0.2) is 0 Å². The summed E-state index contributed by atoms with van der Waals surface area (Å²) >= 11 is 13.1. The Morgan fingerprint density at radius 3 is 2.55 bits per heavy atom. The number of carbonyl (C=O) groups excluding carboxylic acids is 2. The maximum atomic E-state index is 12.5. The van der Waals surface area contributed by atoms with Crippen LogP contribution < -0.4 is 15.4 Å². The van der Waals surface area contributed by atoms with E-state index in [0.29, 0.717) is 38.0 Å². The number of methoxy groups -OCH3 is 1. The van der Waals surface area contributed by atoms with Crippen molar-refractivity contribution in [1.82, 2.24) is 20.1 Å². The molecular weight excluding hydrogens is 489 g/mol.